The molecular formula is C11H14N2O2S2. The molecule has 0 fully saturated rings. The van der Waals surface area contributed by atoms with E-state index in [0.717, 1.165) is 10.6 Å². The summed E-state index contributed by atoms with van der Waals surface area (Å²) in [5, 5.41) is 5.61. The summed E-state index contributed by atoms with van der Waals surface area (Å²) >= 11 is 6.60. The van der Waals surface area contributed by atoms with Crippen LogP contribution < -0.4 is 10.6 Å². The van der Waals surface area contributed by atoms with Gasteiger partial charge in [0.25, 0.3) is 0 Å². The maximum Gasteiger partial charge on any atom is 0.413 e. The minimum atomic E-state index is -0.549. The van der Waals surface area contributed by atoms with Crippen LogP contribution in [0.5, 0.6) is 0 Å². The molecule has 0 bridgehead atoms. The van der Waals surface area contributed by atoms with Crippen molar-refractivity contribution in [2.24, 2.45) is 0 Å². The maximum absolute atomic E-state index is 11.1. The largest absolute Gasteiger partial charge is 0.450 e. The minimum absolute atomic E-state index is 0.227. The number of carbonyl (C=O) groups is 1. The average molecular weight is 270 g/mol. The molecule has 0 saturated heterocycles. The van der Waals surface area contributed by atoms with Crippen LogP contribution in [-0.4, -0.2) is 24.1 Å². The molecule has 0 aliphatic heterocycles. The van der Waals surface area contributed by atoms with Crippen molar-refractivity contribution in [2.45, 2.75) is 11.8 Å². The molecule has 1 aromatic carbocycles. The third-order valence-electron chi connectivity index (χ3n) is 1.85. The smallest absolute Gasteiger partial charge is 0.413 e. The molecule has 0 aliphatic carbocycles. The second-order valence-electron chi connectivity index (χ2n) is 3.00. The number of hydrogen-bond acceptors (Lipinski definition) is 4. The van der Waals surface area contributed by atoms with E-state index in [9.17, 15) is 4.79 Å². The van der Waals surface area contributed by atoms with Crippen molar-refractivity contribution < 1.29 is 9.53 Å². The fourth-order valence-electron chi connectivity index (χ4n) is 1.16. The van der Waals surface area contributed by atoms with Gasteiger partial charge in [-0.1, -0.05) is 12.1 Å². The Hall–Kier alpha value is -1.27. The fourth-order valence-corrected chi connectivity index (χ4v) is 1.91. The summed E-state index contributed by atoms with van der Waals surface area (Å²) in [7, 11) is 0. The van der Waals surface area contributed by atoms with E-state index >= 15 is 0 Å². The molecule has 1 rings (SSSR count). The highest BCUT2D eigenvalue weighted by Gasteiger charge is 2.06. The summed E-state index contributed by atoms with van der Waals surface area (Å²) in [6.45, 7) is 2.05. The van der Waals surface area contributed by atoms with Gasteiger partial charge in [-0.3, -0.25) is 5.32 Å². The third-order valence-corrected chi connectivity index (χ3v) is 2.85. The molecule has 92 valence electrons. The van der Waals surface area contributed by atoms with Gasteiger partial charge in [-0.05, 0) is 37.5 Å². The first-order valence-electron chi connectivity index (χ1n) is 5.05. The van der Waals surface area contributed by atoms with Crippen molar-refractivity contribution in [1.29, 1.82) is 0 Å². The van der Waals surface area contributed by atoms with Gasteiger partial charge in [-0.25, -0.2) is 4.79 Å². The van der Waals surface area contributed by atoms with E-state index in [4.69, 9.17) is 17.0 Å². The number of rotatable bonds is 3. The molecule has 17 heavy (non-hydrogen) atoms. The van der Waals surface area contributed by atoms with Crippen molar-refractivity contribution in [3.8, 4) is 0 Å². The van der Waals surface area contributed by atoms with Gasteiger partial charge in [-0.15, -0.1) is 11.8 Å². The second-order valence-corrected chi connectivity index (χ2v) is 4.26. The molecule has 2 N–H and O–H groups in total. The number of benzene rings is 1. The normalized spacial score (nSPS) is 9.53. The molecule has 0 spiro atoms. The van der Waals surface area contributed by atoms with E-state index in [2.05, 4.69) is 10.6 Å². The zero-order valence-corrected chi connectivity index (χ0v) is 11.3. The van der Waals surface area contributed by atoms with Gasteiger partial charge in [0.2, 0.25) is 0 Å². The lowest BCUT2D eigenvalue weighted by Crippen LogP contribution is -2.34. The van der Waals surface area contributed by atoms with Gasteiger partial charge in [0.15, 0.2) is 5.11 Å². The lowest BCUT2D eigenvalue weighted by molar-refractivity contribution is 0.158. The molecule has 0 radical (unpaired) electrons. The number of alkyl carbamates (subject to hydrolysis) is 1. The topological polar surface area (TPSA) is 50.4 Å². The van der Waals surface area contributed by atoms with Gasteiger partial charge in [0.1, 0.15) is 0 Å². The van der Waals surface area contributed by atoms with Crippen LogP contribution in [0.4, 0.5) is 10.5 Å². The van der Waals surface area contributed by atoms with E-state index in [1.165, 1.54) is 0 Å². The quantitative estimate of drug-likeness (QED) is 0.653. The number of anilines is 1. The third kappa shape index (κ3) is 4.62. The minimum Gasteiger partial charge on any atom is -0.450 e. The Kier molecular flexibility index (Phi) is 5.79. The van der Waals surface area contributed by atoms with Gasteiger partial charge >= 0.3 is 6.09 Å². The van der Waals surface area contributed by atoms with Crippen molar-refractivity contribution in [3.63, 3.8) is 0 Å². The van der Waals surface area contributed by atoms with Crippen LogP contribution in [0.2, 0.25) is 0 Å². The molecule has 0 atom stereocenters. The highest BCUT2D eigenvalue weighted by molar-refractivity contribution is 7.98. The van der Waals surface area contributed by atoms with Crippen molar-refractivity contribution >= 4 is 40.9 Å². The predicted octanol–water partition coefficient (Wildman–Crippen LogP) is 2.85. The van der Waals surface area contributed by atoms with Crippen molar-refractivity contribution in [1.82, 2.24) is 5.32 Å². The van der Waals surface area contributed by atoms with Gasteiger partial charge in [-0.2, -0.15) is 0 Å². The van der Waals surface area contributed by atoms with E-state index in [1.54, 1.807) is 18.7 Å². The Bertz CT molecular complexity index is 410. The Morgan fingerprint density at radius 2 is 2.18 bits per heavy atom. The molecule has 1 amide bonds. The Balaban J connectivity index is 2.59. The van der Waals surface area contributed by atoms with Gasteiger partial charge in [0, 0.05) is 4.90 Å². The number of ether oxygens (including phenoxy) is 1. The van der Waals surface area contributed by atoms with E-state index in [1.807, 2.05) is 30.5 Å². The number of thioether (sulfide) groups is 1. The Labute approximate surface area is 110 Å². The summed E-state index contributed by atoms with van der Waals surface area (Å²) in [5.41, 5.74) is 0.863. The average Bonchev–Trinajstić information content (AvgIpc) is 2.29. The summed E-state index contributed by atoms with van der Waals surface area (Å²) in [6.07, 6.45) is 1.43. The monoisotopic (exact) mass is 270 g/mol. The Morgan fingerprint density at radius 3 is 2.82 bits per heavy atom. The fraction of sp³-hybridized carbons (Fsp3) is 0.273. The summed E-state index contributed by atoms with van der Waals surface area (Å²) in [6, 6.07) is 7.71. The zero-order chi connectivity index (χ0) is 12.7. The first-order chi connectivity index (χ1) is 8.17. The number of nitrogens with one attached hydrogen (secondary N) is 2. The first kappa shape index (κ1) is 13.8. The van der Waals surface area contributed by atoms with E-state index < -0.39 is 6.09 Å². The number of thiocarbonyl (C=S) groups is 1. The molecule has 0 aromatic heterocycles. The van der Waals surface area contributed by atoms with Crippen LogP contribution in [0.1, 0.15) is 6.92 Å². The van der Waals surface area contributed by atoms with Gasteiger partial charge in [0.05, 0.1) is 12.3 Å². The molecule has 6 heteroatoms. The summed E-state index contributed by atoms with van der Waals surface area (Å²) in [5.74, 6) is 0. The molecule has 0 aliphatic rings. The maximum atomic E-state index is 11.1. The molecule has 0 saturated carbocycles. The SMILES string of the molecule is CCOC(=O)NC(=S)Nc1ccccc1SC. The van der Waals surface area contributed by atoms with E-state index in [0.29, 0.717) is 6.61 Å². The number of hydrogen-bond donors (Lipinski definition) is 2. The summed E-state index contributed by atoms with van der Waals surface area (Å²) < 4.78 is 4.72. The molecule has 0 unspecified atom stereocenters. The number of para-hydroxylation sites is 1. The van der Waals surface area contributed by atoms with Crippen LogP contribution in [0, 0.1) is 0 Å². The standard InChI is InChI=1S/C11H14N2O2S2/c1-3-15-11(14)13-10(16)12-8-6-4-5-7-9(8)17-2/h4-7H,3H2,1-2H3,(H2,12,13,14,16). The van der Waals surface area contributed by atoms with Crippen molar-refractivity contribution in [3.05, 3.63) is 24.3 Å². The first-order valence-corrected chi connectivity index (χ1v) is 6.68. The molecule has 4 nitrogen and oxygen atoms in total. The molecule has 1 aromatic rings. The zero-order valence-electron chi connectivity index (χ0n) is 9.65. The highest BCUT2D eigenvalue weighted by Crippen LogP contribution is 2.24. The lowest BCUT2D eigenvalue weighted by atomic mass is 10.3. The van der Waals surface area contributed by atoms with Crippen LogP contribution in [0.15, 0.2) is 29.2 Å². The molecule has 0 heterocycles. The van der Waals surface area contributed by atoms with Crippen molar-refractivity contribution in [2.75, 3.05) is 18.2 Å². The lowest BCUT2D eigenvalue weighted by Gasteiger charge is -2.11. The van der Waals surface area contributed by atoms with Crippen LogP contribution in [-0.2, 0) is 4.74 Å². The second kappa shape index (κ2) is 7.13. The number of amides is 1. The summed E-state index contributed by atoms with van der Waals surface area (Å²) in [4.78, 5) is 12.2. The van der Waals surface area contributed by atoms with Gasteiger partial charge < -0.3 is 10.1 Å². The van der Waals surface area contributed by atoms with E-state index in [-0.39, 0.29) is 5.11 Å². The Morgan fingerprint density at radius 1 is 1.47 bits per heavy atom. The highest BCUT2D eigenvalue weighted by atomic mass is 32.2. The van der Waals surface area contributed by atoms with Crippen LogP contribution in [0.25, 0.3) is 0 Å². The van der Waals surface area contributed by atoms with Crippen LogP contribution >= 0.6 is 24.0 Å². The van der Waals surface area contributed by atoms with Crippen LogP contribution in [0.3, 0.4) is 0 Å². The molecular weight excluding hydrogens is 256 g/mol. The number of carbonyl (C=O) groups excluding carboxylic acids is 1. The predicted molar refractivity (Wildman–Crippen MR) is 74.6 cm³/mol.